The number of amides is 1. The van der Waals surface area contributed by atoms with Gasteiger partial charge in [-0.05, 0) is 54.8 Å². The summed E-state index contributed by atoms with van der Waals surface area (Å²) in [6, 6.07) is 13.1. The van der Waals surface area contributed by atoms with Crippen molar-refractivity contribution in [3.63, 3.8) is 0 Å². The van der Waals surface area contributed by atoms with Crippen molar-refractivity contribution < 1.29 is 4.79 Å². The lowest BCUT2D eigenvalue weighted by Gasteiger charge is -2.09. The van der Waals surface area contributed by atoms with E-state index >= 15 is 0 Å². The van der Waals surface area contributed by atoms with E-state index in [1.54, 1.807) is 18.5 Å². The molecule has 0 radical (unpaired) electrons. The maximum absolute atomic E-state index is 12.4. The highest BCUT2D eigenvalue weighted by Gasteiger charge is 2.10. The molecule has 0 spiro atoms. The van der Waals surface area contributed by atoms with E-state index in [0.29, 0.717) is 36.2 Å². The Morgan fingerprint density at radius 1 is 1.07 bits per heavy atom. The highest BCUT2D eigenvalue weighted by atomic mass is 35.5. The third kappa shape index (κ3) is 5.76. The number of anilines is 1. The summed E-state index contributed by atoms with van der Waals surface area (Å²) in [5, 5.41) is 6.72. The molecule has 1 amide bonds. The number of hydrogen-bond acceptors (Lipinski definition) is 5. The van der Waals surface area contributed by atoms with Gasteiger partial charge >= 0.3 is 0 Å². The van der Waals surface area contributed by atoms with Crippen molar-refractivity contribution in [3.05, 3.63) is 82.4 Å². The van der Waals surface area contributed by atoms with Crippen LogP contribution in [0, 0.1) is 6.92 Å². The Kier molecular flexibility index (Phi) is 6.33. The number of benzene rings is 1. The van der Waals surface area contributed by atoms with Gasteiger partial charge in [-0.25, -0.2) is 9.97 Å². The highest BCUT2D eigenvalue weighted by Crippen LogP contribution is 2.11. The van der Waals surface area contributed by atoms with Crippen LogP contribution in [0.2, 0.25) is 5.02 Å². The van der Waals surface area contributed by atoms with Gasteiger partial charge in [0.15, 0.2) is 0 Å². The van der Waals surface area contributed by atoms with Gasteiger partial charge in [0.1, 0.15) is 5.69 Å². The zero-order valence-electron chi connectivity index (χ0n) is 14.9. The zero-order chi connectivity index (χ0) is 19.1. The highest BCUT2D eigenvalue weighted by molar-refractivity contribution is 6.30. The van der Waals surface area contributed by atoms with Crippen molar-refractivity contribution in [1.82, 2.24) is 20.3 Å². The third-order valence-electron chi connectivity index (χ3n) is 3.88. The largest absolute Gasteiger partial charge is 0.350 e. The van der Waals surface area contributed by atoms with Crippen LogP contribution in [0.25, 0.3) is 0 Å². The number of hydrogen-bond donors (Lipinski definition) is 2. The van der Waals surface area contributed by atoms with E-state index in [9.17, 15) is 4.79 Å². The number of aryl methyl sites for hydroxylation is 1. The summed E-state index contributed by atoms with van der Waals surface area (Å²) in [4.78, 5) is 25.1. The number of carbonyl (C=O) groups is 1. The Hall–Kier alpha value is -2.99. The Balaban J connectivity index is 1.58. The molecular weight excluding hydrogens is 362 g/mol. The Labute approximate surface area is 163 Å². The predicted octanol–water partition coefficient (Wildman–Crippen LogP) is 3.42. The molecule has 3 aromatic rings. The zero-order valence-corrected chi connectivity index (χ0v) is 15.7. The number of aromatic nitrogens is 3. The maximum Gasteiger partial charge on any atom is 0.270 e. The van der Waals surface area contributed by atoms with Crippen LogP contribution in [0.1, 0.15) is 27.3 Å². The fraction of sp³-hybridized carbons (Fsp3) is 0.200. The summed E-state index contributed by atoms with van der Waals surface area (Å²) in [5.74, 6) is 0.196. The van der Waals surface area contributed by atoms with Crippen molar-refractivity contribution in [3.8, 4) is 0 Å². The van der Waals surface area contributed by atoms with Crippen LogP contribution in [0.3, 0.4) is 0 Å². The molecular formula is C20H20ClN5O. The van der Waals surface area contributed by atoms with Crippen molar-refractivity contribution in [2.24, 2.45) is 0 Å². The number of nitrogens with one attached hydrogen (secondary N) is 2. The van der Waals surface area contributed by atoms with Crippen LogP contribution in [-0.2, 0) is 13.0 Å². The summed E-state index contributed by atoms with van der Waals surface area (Å²) >= 11 is 5.98. The molecule has 0 unspecified atom stereocenters. The van der Waals surface area contributed by atoms with Gasteiger partial charge in [-0.3, -0.25) is 9.78 Å². The van der Waals surface area contributed by atoms with Gasteiger partial charge in [-0.2, -0.15) is 0 Å². The van der Waals surface area contributed by atoms with Crippen LogP contribution < -0.4 is 10.6 Å². The van der Waals surface area contributed by atoms with Crippen LogP contribution >= 0.6 is 11.6 Å². The first-order valence-corrected chi connectivity index (χ1v) is 8.99. The van der Waals surface area contributed by atoms with Crippen molar-refractivity contribution in [1.29, 1.82) is 0 Å². The smallest absolute Gasteiger partial charge is 0.270 e. The second-order valence-electron chi connectivity index (χ2n) is 6.06. The van der Waals surface area contributed by atoms with Crippen molar-refractivity contribution >= 4 is 23.5 Å². The number of nitrogens with zero attached hydrogens (tertiary/aromatic N) is 3. The molecule has 0 bridgehead atoms. The summed E-state index contributed by atoms with van der Waals surface area (Å²) < 4.78 is 0. The van der Waals surface area contributed by atoms with E-state index in [4.69, 9.17) is 11.6 Å². The van der Waals surface area contributed by atoms with Crippen molar-refractivity contribution in [2.75, 3.05) is 11.9 Å². The first-order valence-electron chi connectivity index (χ1n) is 8.61. The quantitative estimate of drug-likeness (QED) is 0.655. The lowest BCUT2D eigenvalue weighted by atomic mass is 10.1. The van der Waals surface area contributed by atoms with E-state index in [0.717, 1.165) is 16.8 Å². The monoisotopic (exact) mass is 381 g/mol. The number of rotatable bonds is 7. The van der Waals surface area contributed by atoms with E-state index in [1.807, 2.05) is 43.3 Å². The minimum Gasteiger partial charge on any atom is -0.350 e. The summed E-state index contributed by atoms with van der Waals surface area (Å²) in [6.07, 6.45) is 4.16. The average molecular weight is 382 g/mol. The molecule has 2 heterocycles. The third-order valence-corrected chi connectivity index (χ3v) is 4.11. The molecule has 2 N–H and O–H groups in total. The molecule has 27 heavy (non-hydrogen) atoms. The molecule has 2 aromatic heterocycles. The van der Waals surface area contributed by atoms with Gasteiger partial charge in [-0.15, -0.1) is 0 Å². The molecule has 3 rings (SSSR count). The first-order chi connectivity index (χ1) is 13.1. The Morgan fingerprint density at radius 2 is 1.89 bits per heavy atom. The minimum absolute atomic E-state index is 0.227. The fourth-order valence-electron chi connectivity index (χ4n) is 2.55. The van der Waals surface area contributed by atoms with E-state index < -0.39 is 0 Å². The molecule has 0 aliphatic carbocycles. The lowest BCUT2D eigenvalue weighted by molar-refractivity contribution is 0.0949. The summed E-state index contributed by atoms with van der Waals surface area (Å²) in [6.45, 7) is 2.89. The molecule has 138 valence electrons. The van der Waals surface area contributed by atoms with E-state index in [1.165, 1.54) is 0 Å². The molecule has 6 nitrogen and oxygen atoms in total. The van der Waals surface area contributed by atoms with Gasteiger partial charge in [0.2, 0.25) is 5.95 Å². The van der Waals surface area contributed by atoms with Gasteiger partial charge in [-0.1, -0.05) is 23.7 Å². The summed E-state index contributed by atoms with van der Waals surface area (Å²) in [7, 11) is 0. The topological polar surface area (TPSA) is 79.8 Å². The van der Waals surface area contributed by atoms with Crippen LogP contribution in [0.5, 0.6) is 0 Å². The molecule has 0 fully saturated rings. The standard InChI is InChI=1S/C20H20ClN5O/c1-14-11-18(19(27)23-10-7-15-3-2-4-17(21)12-15)26-20(25-14)24-13-16-5-8-22-9-6-16/h2-6,8-9,11-12H,7,10,13H2,1H3,(H,23,27)(H,24,25,26). The average Bonchev–Trinajstić information content (AvgIpc) is 2.67. The van der Waals surface area contributed by atoms with Crippen LogP contribution in [0.4, 0.5) is 5.95 Å². The SMILES string of the molecule is Cc1cc(C(=O)NCCc2cccc(Cl)c2)nc(NCc2ccncc2)n1. The minimum atomic E-state index is -0.227. The number of pyridine rings is 1. The van der Waals surface area contributed by atoms with Gasteiger partial charge in [0.05, 0.1) is 0 Å². The molecule has 0 aliphatic rings. The first kappa shape index (κ1) is 18.8. The number of halogens is 1. The molecule has 0 aliphatic heterocycles. The second-order valence-corrected chi connectivity index (χ2v) is 6.50. The van der Waals surface area contributed by atoms with Gasteiger partial charge < -0.3 is 10.6 Å². The lowest BCUT2D eigenvalue weighted by Crippen LogP contribution is -2.27. The molecule has 0 atom stereocenters. The Bertz CT molecular complexity index is 917. The summed E-state index contributed by atoms with van der Waals surface area (Å²) in [5.41, 5.74) is 3.19. The molecule has 0 saturated heterocycles. The maximum atomic E-state index is 12.4. The molecule has 1 aromatic carbocycles. The van der Waals surface area contributed by atoms with Crippen LogP contribution in [0.15, 0.2) is 54.9 Å². The fourth-order valence-corrected chi connectivity index (χ4v) is 2.76. The normalized spacial score (nSPS) is 10.4. The predicted molar refractivity (Wildman–Crippen MR) is 106 cm³/mol. The van der Waals surface area contributed by atoms with Gasteiger partial charge in [0, 0.05) is 36.2 Å². The second kappa shape index (κ2) is 9.09. The molecule has 0 saturated carbocycles. The van der Waals surface area contributed by atoms with E-state index in [-0.39, 0.29) is 5.91 Å². The van der Waals surface area contributed by atoms with Crippen LogP contribution in [-0.4, -0.2) is 27.4 Å². The number of carbonyl (C=O) groups excluding carboxylic acids is 1. The van der Waals surface area contributed by atoms with Gasteiger partial charge in [0.25, 0.3) is 5.91 Å². The molecule has 7 heteroatoms. The van der Waals surface area contributed by atoms with Crippen molar-refractivity contribution in [2.45, 2.75) is 19.9 Å². The van der Waals surface area contributed by atoms with E-state index in [2.05, 4.69) is 25.6 Å². The Morgan fingerprint density at radius 3 is 2.67 bits per heavy atom.